The number of hydrogen-bond acceptors (Lipinski definition) is 5. The first-order valence-electron chi connectivity index (χ1n) is 5.03. The van der Waals surface area contributed by atoms with Crippen molar-refractivity contribution in [3.63, 3.8) is 0 Å². The summed E-state index contributed by atoms with van der Waals surface area (Å²) in [6.45, 7) is 3.40. The molecule has 0 bridgehead atoms. The first-order valence-corrected chi connectivity index (χ1v) is 6.51. The molecule has 3 N–H and O–H groups in total. The SMILES string of the molecule is COC(=O)NS(=O)(=O)NC1CNCCC1C. The van der Waals surface area contributed by atoms with Crippen LogP contribution in [0.3, 0.4) is 0 Å². The molecule has 8 heteroatoms. The molecule has 0 radical (unpaired) electrons. The van der Waals surface area contributed by atoms with Crippen LogP contribution in [0.1, 0.15) is 13.3 Å². The minimum Gasteiger partial charge on any atom is -0.452 e. The van der Waals surface area contributed by atoms with E-state index in [-0.39, 0.29) is 12.0 Å². The fraction of sp³-hybridized carbons (Fsp3) is 0.875. The zero-order valence-electron chi connectivity index (χ0n) is 9.32. The lowest BCUT2D eigenvalue weighted by Gasteiger charge is -2.29. The van der Waals surface area contributed by atoms with Gasteiger partial charge in [-0.15, -0.1) is 0 Å². The highest BCUT2D eigenvalue weighted by molar-refractivity contribution is 7.88. The van der Waals surface area contributed by atoms with E-state index in [4.69, 9.17) is 0 Å². The number of rotatable bonds is 3. The maximum absolute atomic E-state index is 11.5. The van der Waals surface area contributed by atoms with Gasteiger partial charge >= 0.3 is 16.3 Å². The quantitative estimate of drug-likeness (QED) is 0.608. The van der Waals surface area contributed by atoms with E-state index in [1.54, 1.807) is 4.72 Å². The summed E-state index contributed by atoms with van der Waals surface area (Å²) in [7, 11) is -2.73. The van der Waals surface area contributed by atoms with Gasteiger partial charge in [0.1, 0.15) is 0 Å². The lowest BCUT2D eigenvalue weighted by Crippen LogP contribution is -2.53. The molecule has 7 nitrogen and oxygen atoms in total. The number of methoxy groups -OCH3 is 1. The largest absolute Gasteiger partial charge is 0.452 e. The lowest BCUT2D eigenvalue weighted by molar-refractivity contribution is 0.177. The Bertz CT molecular complexity index is 343. The Kier molecular flexibility index (Phi) is 4.51. The van der Waals surface area contributed by atoms with E-state index in [1.165, 1.54) is 0 Å². The van der Waals surface area contributed by atoms with Gasteiger partial charge in [-0.2, -0.15) is 13.1 Å². The molecule has 16 heavy (non-hydrogen) atoms. The topological polar surface area (TPSA) is 96.5 Å². The molecular weight excluding hydrogens is 234 g/mol. The second kappa shape index (κ2) is 5.46. The molecule has 0 aromatic rings. The third-order valence-electron chi connectivity index (χ3n) is 2.54. The normalized spacial score (nSPS) is 26.1. The third-order valence-corrected chi connectivity index (χ3v) is 3.59. The third kappa shape index (κ3) is 3.95. The van der Waals surface area contributed by atoms with Crippen LogP contribution in [0.25, 0.3) is 0 Å². The standard InChI is InChI=1S/C8H17N3O4S/c1-6-3-4-9-5-7(6)10-16(13,14)11-8(12)15-2/h6-7,9-10H,3-5H2,1-2H3,(H,11,12). The van der Waals surface area contributed by atoms with Gasteiger partial charge in [0, 0.05) is 12.6 Å². The lowest BCUT2D eigenvalue weighted by atomic mass is 9.96. The fourth-order valence-electron chi connectivity index (χ4n) is 1.53. The van der Waals surface area contributed by atoms with E-state index in [2.05, 4.69) is 14.8 Å². The number of carbonyl (C=O) groups is 1. The number of hydrogen-bond donors (Lipinski definition) is 3. The van der Waals surface area contributed by atoms with Crippen LogP contribution in [0.2, 0.25) is 0 Å². The molecule has 94 valence electrons. The van der Waals surface area contributed by atoms with Crippen molar-refractivity contribution < 1.29 is 17.9 Å². The Morgan fingerprint density at radius 3 is 2.75 bits per heavy atom. The average Bonchev–Trinajstić information content (AvgIpc) is 2.20. The highest BCUT2D eigenvalue weighted by atomic mass is 32.2. The van der Waals surface area contributed by atoms with Gasteiger partial charge in [-0.25, -0.2) is 9.52 Å². The smallest absolute Gasteiger partial charge is 0.421 e. The van der Waals surface area contributed by atoms with Gasteiger partial charge in [0.2, 0.25) is 0 Å². The Morgan fingerprint density at radius 2 is 2.19 bits per heavy atom. The van der Waals surface area contributed by atoms with Crippen LogP contribution in [-0.4, -0.2) is 40.8 Å². The molecule has 1 saturated heterocycles. The summed E-state index contributed by atoms with van der Waals surface area (Å²) in [6.07, 6.45) is -0.102. The predicted molar refractivity (Wildman–Crippen MR) is 58.0 cm³/mol. The first-order chi connectivity index (χ1) is 7.44. The van der Waals surface area contributed by atoms with Gasteiger partial charge in [0.15, 0.2) is 0 Å². The minimum atomic E-state index is -3.84. The van der Waals surface area contributed by atoms with Crippen LogP contribution in [0.4, 0.5) is 4.79 Å². The summed E-state index contributed by atoms with van der Waals surface area (Å²) >= 11 is 0. The van der Waals surface area contributed by atoms with Crippen molar-refractivity contribution >= 4 is 16.3 Å². The zero-order valence-corrected chi connectivity index (χ0v) is 10.1. The van der Waals surface area contributed by atoms with E-state index < -0.39 is 16.3 Å². The summed E-state index contributed by atoms with van der Waals surface area (Å²) in [6, 6.07) is -0.212. The molecule has 0 spiro atoms. The number of ether oxygens (including phenoxy) is 1. The van der Waals surface area contributed by atoms with E-state index in [9.17, 15) is 13.2 Å². The highest BCUT2D eigenvalue weighted by Crippen LogP contribution is 2.11. The molecular formula is C8H17N3O4S. The van der Waals surface area contributed by atoms with E-state index in [1.807, 2.05) is 6.92 Å². The molecule has 0 saturated carbocycles. The maximum atomic E-state index is 11.5. The molecule has 0 aliphatic carbocycles. The number of nitrogens with one attached hydrogen (secondary N) is 3. The van der Waals surface area contributed by atoms with Crippen LogP contribution < -0.4 is 14.8 Å². The van der Waals surface area contributed by atoms with Crippen LogP contribution in [0, 0.1) is 5.92 Å². The zero-order chi connectivity index (χ0) is 12.2. The van der Waals surface area contributed by atoms with Crippen molar-refractivity contribution in [1.82, 2.24) is 14.8 Å². The van der Waals surface area contributed by atoms with Crippen molar-refractivity contribution in [1.29, 1.82) is 0 Å². The Labute approximate surface area is 95.1 Å². The Morgan fingerprint density at radius 1 is 1.50 bits per heavy atom. The Balaban J connectivity index is 2.54. The van der Waals surface area contributed by atoms with Crippen LogP contribution in [0.15, 0.2) is 0 Å². The fourth-order valence-corrected chi connectivity index (χ4v) is 2.60. The van der Waals surface area contributed by atoms with Gasteiger partial charge in [0.25, 0.3) is 0 Å². The van der Waals surface area contributed by atoms with E-state index in [0.29, 0.717) is 6.54 Å². The molecule has 0 aromatic heterocycles. The summed E-state index contributed by atoms with van der Waals surface area (Å²) < 4.78 is 31.3. The molecule has 1 amide bonds. The van der Waals surface area contributed by atoms with E-state index in [0.717, 1.165) is 20.1 Å². The van der Waals surface area contributed by atoms with E-state index >= 15 is 0 Å². The van der Waals surface area contributed by atoms with Gasteiger partial charge in [-0.1, -0.05) is 6.92 Å². The summed E-state index contributed by atoms with van der Waals surface area (Å²) in [4.78, 5) is 10.8. The van der Waals surface area contributed by atoms with Crippen molar-refractivity contribution in [2.24, 2.45) is 5.92 Å². The number of carbonyl (C=O) groups excluding carboxylic acids is 1. The summed E-state index contributed by atoms with van der Waals surface area (Å²) in [5.41, 5.74) is 0. The second-order valence-corrected chi connectivity index (χ2v) is 5.24. The molecule has 2 unspecified atom stereocenters. The van der Waals surface area contributed by atoms with Gasteiger partial charge in [-0.05, 0) is 18.9 Å². The maximum Gasteiger partial charge on any atom is 0.421 e. The van der Waals surface area contributed by atoms with Crippen LogP contribution in [0.5, 0.6) is 0 Å². The van der Waals surface area contributed by atoms with Gasteiger partial charge in [-0.3, -0.25) is 0 Å². The van der Waals surface area contributed by atoms with Crippen molar-refractivity contribution in [2.45, 2.75) is 19.4 Å². The first kappa shape index (κ1) is 13.2. The number of amides is 1. The number of piperidine rings is 1. The molecule has 1 aliphatic heterocycles. The molecule has 1 heterocycles. The van der Waals surface area contributed by atoms with Gasteiger partial charge in [0.05, 0.1) is 7.11 Å². The summed E-state index contributed by atoms with van der Waals surface area (Å²) in [5, 5.41) is 3.08. The molecule has 1 aliphatic rings. The average molecular weight is 251 g/mol. The monoisotopic (exact) mass is 251 g/mol. The van der Waals surface area contributed by atoms with Crippen molar-refractivity contribution in [3.8, 4) is 0 Å². The molecule has 1 rings (SSSR count). The Hall–Kier alpha value is -0.860. The van der Waals surface area contributed by atoms with Crippen LogP contribution >= 0.6 is 0 Å². The molecule has 2 atom stereocenters. The molecule has 0 aromatic carbocycles. The second-order valence-electron chi connectivity index (χ2n) is 3.79. The highest BCUT2D eigenvalue weighted by Gasteiger charge is 2.26. The summed E-state index contributed by atoms with van der Waals surface area (Å²) in [5.74, 6) is 0.232. The molecule has 1 fully saturated rings. The van der Waals surface area contributed by atoms with Crippen LogP contribution in [-0.2, 0) is 14.9 Å². The van der Waals surface area contributed by atoms with Gasteiger partial charge < -0.3 is 10.1 Å². The van der Waals surface area contributed by atoms with Crippen molar-refractivity contribution in [2.75, 3.05) is 20.2 Å². The van der Waals surface area contributed by atoms with Crippen molar-refractivity contribution in [3.05, 3.63) is 0 Å². The predicted octanol–water partition coefficient (Wildman–Crippen LogP) is -0.825. The minimum absolute atomic E-state index is 0.212.